The van der Waals surface area contributed by atoms with E-state index in [-0.39, 0.29) is 17.0 Å². The van der Waals surface area contributed by atoms with Crippen molar-refractivity contribution in [3.63, 3.8) is 0 Å². The number of hydrogen-bond acceptors (Lipinski definition) is 2. The third-order valence-corrected chi connectivity index (χ3v) is 5.16. The number of rotatable bonds is 2. The summed E-state index contributed by atoms with van der Waals surface area (Å²) >= 11 is 1.89. The molecule has 0 N–H and O–H groups in total. The van der Waals surface area contributed by atoms with E-state index in [0.717, 1.165) is 6.04 Å². The van der Waals surface area contributed by atoms with Gasteiger partial charge in [-0.15, -0.1) is 28.7 Å². The molecule has 1 aromatic carbocycles. The van der Waals surface area contributed by atoms with Crippen LogP contribution in [0.5, 0.6) is 0 Å². The largest absolute Gasteiger partial charge is 0.293 e. The van der Waals surface area contributed by atoms with Gasteiger partial charge in [-0.25, -0.2) is 0 Å². The van der Waals surface area contributed by atoms with E-state index in [1.807, 2.05) is 11.8 Å². The van der Waals surface area contributed by atoms with Gasteiger partial charge in [-0.2, -0.15) is 0 Å². The Hall–Kier alpha value is 0.01000. The number of benzene rings is 1. The molecule has 0 aliphatic carbocycles. The summed E-state index contributed by atoms with van der Waals surface area (Å²) in [4.78, 5) is 4.25. The second-order valence-electron chi connectivity index (χ2n) is 5.22. The molecule has 0 spiro atoms. The third kappa shape index (κ3) is 2.63. The van der Waals surface area contributed by atoms with Gasteiger partial charge in [0, 0.05) is 17.0 Å². The van der Waals surface area contributed by atoms with Crippen molar-refractivity contribution >= 4 is 28.7 Å². The van der Waals surface area contributed by atoms with Crippen molar-refractivity contribution in [2.75, 3.05) is 12.8 Å². The van der Waals surface area contributed by atoms with E-state index < -0.39 is 0 Å². The van der Waals surface area contributed by atoms with Crippen molar-refractivity contribution < 1.29 is 0 Å². The first-order chi connectivity index (χ1) is 8.40. The van der Waals surface area contributed by atoms with Crippen LogP contribution in [0.25, 0.3) is 0 Å². The molecule has 1 nitrogen and oxygen atoms in total. The normalized spacial score (nSPS) is 27.6. The fraction of sp³-hybridized carbons (Fsp3) is 0.600. The number of nitrogens with zero attached hydrogens (tertiary/aromatic N) is 1. The highest BCUT2D eigenvalue weighted by Gasteiger charge is 2.36. The Bertz CT molecular complexity index is 396. The molecule has 0 bridgehead atoms. The fourth-order valence-corrected chi connectivity index (χ4v) is 4.19. The molecule has 0 saturated carbocycles. The number of fused-ring (bicyclic) bond motifs is 1. The highest BCUT2D eigenvalue weighted by atomic mass is 79.9. The lowest BCUT2D eigenvalue weighted by molar-refractivity contribution is 0.148. The number of halogens is 1. The van der Waals surface area contributed by atoms with Gasteiger partial charge in [-0.1, -0.05) is 24.6 Å². The molecule has 100 valence electrons. The average molecular weight is 328 g/mol. The zero-order valence-electron chi connectivity index (χ0n) is 11.0. The van der Waals surface area contributed by atoms with Crippen LogP contribution in [0, 0.1) is 0 Å². The predicted molar refractivity (Wildman–Crippen MR) is 84.9 cm³/mol. The average Bonchev–Trinajstić information content (AvgIpc) is 2.82. The van der Waals surface area contributed by atoms with Crippen LogP contribution in [0.1, 0.15) is 43.7 Å². The van der Waals surface area contributed by atoms with Crippen LogP contribution in [0.2, 0.25) is 0 Å². The van der Waals surface area contributed by atoms with Crippen molar-refractivity contribution in [2.45, 2.75) is 49.1 Å². The molecule has 3 rings (SSSR count). The zero-order chi connectivity index (χ0) is 11.7. The molecule has 2 aliphatic rings. The van der Waals surface area contributed by atoms with E-state index in [1.54, 1.807) is 5.56 Å². The molecule has 1 aromatic rings. The lowest BCUT2D eigenvalue weighted by Crippen LogP contribution is -2.35. The number of piperidine rings is 1. The quantitative estimate of drug-likeness (QED) is 0.726. The monoisotopic (exact) mass is 327 g/mol. The molecule has 2 saturated heterocycles. The molecule has 0 radical (unpaired) electrons. The van der Waals surface area contributed by atoms with Gasteiger partial charge in [0.05, 0.1) is 0 Å². The topological polar surface area (TPSA) is 3.24 Å². The van der Waals surface area contributed by atoms with E-state index in [9.17, 15) is 0 Å². The Balaban J connectivity index is 0.00000120. The lowest BCUT2D eigenvalue weighted by atomic mass is 10.0. The predicted octanol–water partition coefficient (Wildman–Crippen LogP) is 4.68. The summed E-state index contributed by atoms with van der Waals surface area (Å²) in [5.41, 5.74) is 1.57. The smallest absolute Gasteiger partial charge is 0.0362 e. The van der Waals surface area contributed by atoms with E-state index >= 15 is 0 Å². The van der Waals surface area contributed by atoms with Crippen molar-refractivity contribution in [1.82, 2.24) is 4.90 Å². The molecule has 18 heavy (non-hydrogen) atoms. The van der Waals surface area contributed by atoms with Gasteiger partial charge in [-0.3, -0.25) is 4.90 Å². The minimum absolute atomic E-state index is 0. The van der Waals surface area contributed by atoms with Crippen LogP contribution in [0.4, 0.5) is 0 Å². The second kappa shape index (κ2) is 6.44. The third-order valence-electron chi connectivity index (χ3n) is 4.34. The molecule has 3 heteroatoms. The Morgan fingerprint density at radius 2 is 1.94 bits per heavy atom. The highest BCUT2D eigenvalue weighted by Crippen LogP contribution is 2.42. The van der Waals surface area contributed by atoms with Crippen molar-refractivity contribution in [3.05, 3.63) is 29.8 Å². The van der Waals surface area contributed by atoms with E-state index in [1.165, 1.54) is 43.5 Å². The minimum atomic E-state index is 0. The standard InChI is InChI=1S/C15H21NS.BrH/c1-17-15-8-3-2-7-13(15)14-10-9-12-6-4-5-11-16(12)14;/h2-3,7-8,12,14H,4-6,9-11H2,1H3;1H/t12-,14-;/m1./s1. The van der Waals surface area contributed by atoms with Gasteiger partial charge in [0.1, 0.15) is 0 Å². The second-order valence-corrected chi connectivity index (χ2v) is 6.07. The Kier molecular flexibility index (Phi) is 5.16. The first-order valence-electron chi connectivity index (χ1n) is 6.79. The SMILES string of the molecule is Br.CSc1ccccc1[C@H]1CC[C@H]2CCCCN21. The van der Waals surface area contributed by atoms with Gasteiger partial charge in [0.2, 0.25) is 0 Å². The maximum Gasteiger partial charge on any atom is 0.0362 e. The zero-order valence-corrected chi connectivity index (χ0v) is 13.5. The fourth-order valence-electron chi connectivity index (χ4n) is 3.54. The van der Waals surface area contributed by atoms with Crippen LogP contribution < -0.4 is 0 Å². The summed E-state index contributed by atoms with van der Waals surface area (Å²) in [6, 6.07) is 10.6. The summed E-state index contributed by atoms with van der Waals surface area (Å²) in [6.45, 7) is 1.32. The van der Waals surface area contributed by atoms with Crippen LogP contribution in [0.3, 0.4) is 0 Å². The lowest BCUT2D eigenvalue weighted by Gasteiger charge is -2.34. The molecule has 2 heterocycles. The summed E-state index contributed by atoms with van der Waals surface area (Å²) in [5.74, 6) is 0. The van der Waals surface area contributed by atoms with E-state index in [0.29, 0.717) is 6.04 Å². The number of thioether (sulfide) groups is 1. The molecular weight excluding hydrogens is 306 g/mol. The summed E-state index contributed by atoms with van der Waals surface area (Å²) in [5, 5.41) is 0. The van der Waals surface area contributed by atoms with Crippen molar-refractivity contribution in [2.24, 2.45) is 0 Å². The number of hydrogen-bond donors (Lipinski definition) is 0. The molecule has 0 unspecified atom stereocenters. The Morgan fingerprint density at radius 1 is 1.11 bits per heavy atom. The highest BCUT2D eigenvalue weighted by molar-refractivity contribution is 8.93. The van der Waals surface area contributed by atoms with Gasteiger partial charge < -0.3 is 0 Å². The maximum absolute atomic E-state index is 2.78. The molecule has 2 atom stereocenters. The van der Waals surface area contributed by atoms with Crippen LogP contribution in [-0.2, 0) is 0 Å². The maximum atomic E-state index is 2.78. The van der Waals surface area contributed by atoms with Gasteiger partial charge >= 0.3 is 0 Å². The summed E-state index contributed by atoms with van der Waals surface area (Å²) in [7, 11) is 0. The van der Waals surface area contributed by atoms with Crippen LogP contribution >= 0.6 is 28.7 Å². The van der Waals surface area contributed by atoms with E-state index in [2.05, 4.69) is 35.4 Å². The van der Waals surface area contributed by atoms with Crippen molar-refractivity contribution in [1.29, 1.82) is 0 Å². The minimum Gasteiger partial charge on any atom is -0.293 e. The molecular formula is C15H22BrNS. The molecule has 2 aliphatic heterocycles. The summed E-state index contributed by atoms with van der Waals surface area (Å²) < 4.78 is 0. The van der Waals surface area contributed by atoms with Crippen LogP contribution in [0.15, 0.2) is 29.2 Å². The first-order valence-corrected chi connectivity index (χ1v) is 8.01. The van der Waals surface area contributed by atoms with Crippen LogP contribution in [-0.4, -0.2) is 23.7 Å². The van der Waals surface area contributed by atoms with Crippen molar-refractivity contribution in [3.8, 4) is 0 Å². The molecule has 0 amide bonds. The van der Waals surface area contributed by atoms with Gasteiger partial charge in [-0.05, 0) is 50.1 Å². The Labute approximate surface area is 125 Å². The van der Waals surface area contributed by atoms with E-state index in [4.69, 9.17) is 0 Å². The van der Waals surface area contributed by atoms with Gasteiger partial charge in [0.15, 0.2) is 0 Å². The van der Waals surface area contributed by atoms with Gasteiger partial charge in [0.25, 0.3) is 0 Å². The first kappa shape index (κ1) is 14.4. The summed E-state index contributed by atoms with van der Waals surface area (Å²) in [6.07, 6.45) is 9.24. The Morgan fingerprint density at radius 3 is 2.78 bits per heavy atom. The molecule has 2 fully saturated rings. The molecule has 0 aromatic heterocycles.